The average molecular weight is 548 g/mol. The molecule has 6 rings (SSSR count). The maximum absolute atomic E-state index is 13.5. The number of carbonyl (C=O) groups is 1. The highest BCUT2D eigenvalue weighted by Gasteiger charge is 2.29. The second-order valence-electron chi connectivity index (χ2n) is 10.3. The highest BCUT2D eigenvalue weighted by atomic mass is 19.3. The zero-order chi connectivity index (χ0) is 27.8. The first kappa shape index (κ1) is 26.1. The van der Waals surface area contributed by atoms with Gasteiger partial charge in [-0.25, -0.2) is 13.5 Å². The van der Waals surface area contributed by atoms with Gasteiger partial charge in [0.15, 0.2) is 0 Å². The second-order valence-corrected chi connectivity index (χ2v) is 10.3. The molecule has 0 radical (unpaired) electrons. The number of nitrogens with zero attached hydrogens (tertiary/aromatic N) is 5. The van der Waals surface area contributed by atoms with E-state index in [-0.39, 0.29) is 29.3 Å². The second kappa shape index (κ2) is 10.8. The maximum Gasteiger partial charge on any atom is 0.275 e. The van der Waals surface area contributed by atoms with Crippen molar-refractivity contribution in [2.24, 2.45) is 4.99 Å². The molecule has 1 saturated carbocycles. The van der Waals surface area contributed by atoms with Gasteiger partial charge in [-0.1, -0.05) is 12.1 Å². The first-order valence-corrected chi connectivity index (χ1v) is 13.3. The lowest BCUT2D eigenvalue weighted by Gasteiger charge is -2.27. The van der Waals surface area contributed by atoms with Crippen LogP contribution in [0.2, 0.25) is 0 Å². The molecule has 2 aliphatic heterocycles. The van der Waals surface area contributed by atoms with Crippen molar-refractivity contribution in [1.29, 1.82) is 5.26 Å². The topological polar surface area (TPSA) is 110 Å². The summed E-state index contributed by atoms with van der Waals surface area (Å²) in [4.78, 5) is 32.9. The van der Waals surface area contributed by atoms with Crippen molar-refractivity contribution in [3.8, 4) is 11.8 Å². The molecule has 11 heteroatoms. The number of aliphatic imine (C=N–C) groups is 1. The van der Waals surface area contributed by atoms with Crippen LogP contribution >= 0.6 is 0 Å². The number of benzene rings is 2. The van der Waals surface area contributed by atoms with E-state index in [1.54, 1.807) is 17.0 Å². The molecule has 206 valence electrons. The lowest BCUT2D eigenvalue weighted by Crippen LogP contribution is -2.44. The highest BCUT2D eigenvalue weighted by Crippen LogP contribution is 2.43. The van der Waals surface area contributed by atoms with Gasteiger partial charge in [0.1, 0.15) is 25.0 Å². The summed E-state index contributed by atoms with van der Waals surface area (Å²) in [6.07, 6.45) is 0.198. The fourth-order valence-corrected chi connectivity index (χ4v) is 5.40. The number of carbonyl (C=O) groups excluding carboxylic acids is 1. The molecule has 9 nitrogen and oxygen atoms in total. The minimum atomic E-state index is -2.66. The molecule has 0 unspecified atom stereocenters. The number of morpholine rings is 1. The molecule has 3 aliphatic rings. The predicted octanol–water partition coefficient (Wildman–Crippen LogP) is 3.52. The Labute approximate surface area is 228 Å². The SMILES string of the molecule is N#Cc1cc2c(cc1OCC(F)F)N=C(Cc1nn(CC(=O)N3CCOCC3)c(=O)c3cccc(C4CC4)c13)C2. The van der Waals surface area contributed by atoms with Gasteiger partial charge in [0.25, 0.3) is 12.0 Å². The third-order valence-electron chi connectivity index (χ3n) is 7.47. The van der Waals surface area contributed by atoms with Crippen LogP contribution in [-0.4, -0.2) is 65.6 Å². The maximum atomic E-state index is 13.5. The van der Waals surface area contributed by atoms with Crippen molar-refractivity contribution in [3.05, 3.63) is 63.1 Å². The Kier molecular flexibility index (Phi) is 7.02. The fraction of sp³-hybridized carbons (Fsp3) is 0.414. The average Bonchev–Trinajstić information content (AvgIpc) is 3.74. The van der Waals surface area contributed by atoms with Crippen molar-refractivity contribution >= 4 is 28.1 Å². The largest absolute Gasteiger partial charge is 0.486 e. The Bertz CT molecular complexity index is 1620. The Morgan fingerprint density at radius 1 is 1.23 bits per heavy atom. The number of amides is 1. The lowest BCUT2D eigenvalue weighted by molar-refractivity contribution is -0.136. The van der Waals surface area contributed by atoms with Crippen molar-refractivity contribution in [2.75, 3.05) is 32.9 Å². The molecule has 1 aromatic heterocycles. The van der Waals surface area contributed by atoms with Crippen LogP contribution in [0, 0.1) is 11.3 Å². The summed E-state index contributed by atoms with van der Waals surface area (Å²) in [6, 6.07) is 10.8. The smallest absolute Gasteiger partial charge is 0.275 e. The van der Waals surface area contributed by atoms with Gasteiger partial charge in [0, 0.05) is 43.1 Å². The molecule has 1 saturated heterocycles. The third kappa shape index (κ3) is 5.19. The summed E-state index contributed by atoms with van der Waals surface area (Å²) in [5, 5.41) is 15.6. The van der Waals surface area contributed by atoms with Gasteiger partial charge in [-0.3, -0.25) is 14.6 Å². The molecule has 0 N–H and O–H groups in total. The molecule has 1 amide bonds. The molecular formula is C29H27F2N5O4. The van der Waals surface area contributed by atoms with Gasteiger partial charge in [0.05, 0.1) is 35.5 Å². The zero-order valence-corrected chi connectivity index (χ0v) is 21.7. The van der Waals surface area contributed by atoms with Gasteiger partial charge in [-0.05, 0) is 42.0 Å². The van der Waals surface area contributed by atoms with Crippen molar-refractivity contribution in [2.45, 2.75) is 44.6 Å². The van der Waals surface area contributed by atoms with Crippen molar-refractivity contribution < 1.29 is 23.0 Å². The molecule has 0 bridgehead atoms. The van der Waals surface area contributed by atoms with Crippen LogP contribution in [0.25, 0.3) is 10.8 Å². The molecular weight excluding hydrogens is 520 g/mol. The summed E-state index contributed by atoms with van der Waals surface area (Å²) in [5.74, 6) is 0.249. The highest BCUT2D eigenvalue weighted by molar-refractivity contribution is 5.99. The summed E-state index contributed by atoms with van der Waals surface area (Å²) in [6.45, 7) is 0.896. The van der Waals surface area contributed by atoms with Crippen LogP contribution in [0.3, 0.4) is 0 Å². The van der Waals surface area contributed by atoms with Gasteiger partial charge in [-0.15, -0.1) is 0 Å². The molecule has 0 atom stereocenters. The minimum absolute atomic E-state index is 0.0707. The Balaban J connectivity index is 1.35. The summed E-state index contributed by atoms with van der Waals surface area (Å²) in [5.41, 5.74) is 3.71. The van der Waals surface area contributed by atoms with Crippen LogP contribution in [-0.2, 0) is 28.9 Å². The van der Waals surface area contributed by atoms with E-state index in [0.29, 0.717) is 61.8 Å². The van der Waals surface area contributed by atoms with Gasteiger partial charge < -0.3 is 14.4 Å². The van der Waals surface area contributed by atoms with Gasteiger partial charge in [-0.2, -0.15) is 10.4 Å². The number of hydrogen-bond acceptors (Lipinski definition) is 7. The van der Waals surface area contributed by atoms with Crippen LogP contribution in [0.15, 0.2) is 40.1 Å². The Morgan fingerprint density at radius 2 is 2.02 bits per heavy atom. The monoisotopic (exact) mass is 547 g/mol. The zero-order valence-electron chi connectivity index (χ0n) is 21.7. The third-order valence-corrected chi connectivity index (χ3v) is 7.47. The van der Waals surface area contributed by atoms with E-state index in [1.165, 1.54) is 10.7 Å². The summed E-state index contributed by atoms with van der Waals surface area (Å²) < 4.78 is 37.2. The number of nitriles is 1. The predicted molar refractivity (Wildman–Crippen MR) is 143 cm³/mol. The first-order chi connectivity index (χ1) is 19.4. The van der Waals surface area contributed by atoms with Crippen LogP contribution in [0.4, 0.5) is 14.5 Å². The molecule has 3 heterocycles. The normalized spacial score (nSPS) is 16.6. The van der Waals surface area contributed by atoms with E-state index >= 15 is 0 Å². The Hall–Kier alpha value is -4.17. The van der Waals surface area contributed by atoms with E-state index in [2.05, 4.69) is 0 Å². The first-order valence-electron chi connectivity index (χ1n) is 13.3. The quantitative estimate of drug-likeness (QED) is 0.427. The number of halogens is 2. The molecule has 0 spiro atoms. The van der Waals surface area contributed by atoms with E-state index in [4.69, 9.17) is 19.6 Å². The van der Waals surface area contributed by atoms with Gasteiger partial charge >= 0.3 is 0 Å². The Morgan fingerprint density at radius 3 is 2.75 bits per heavy atom. The van der Waals surface area contributed by atoms with E-state index in [0.717, 1.165) is 35.1 Å². The van der Waals surface area contributed by atoms with Crippen molar-refractivity contribution in [3.63, 3.8) is 0 Å². The number of aromatic nitrogens is 2. The molecule has 1 aliphatic carbocycles. The summed E-state index contributed by atoms with van der Waals surface area (Å²) in [7, 11) is 0. The molecule has 2 fully saturated rings. The van der Waals surface area contributed by atoms with Gasteiger partial charge in [0.2, 0.25) is 5.91 Å². The van der Waals surface area contributed by atoms with Crippen LogP contribution in [0.5, 0.6) is 5.75 Å². The number of hydrogen-bond donors (Lipinski definition) is 0. The molecule has 40 heavy (non-hydrogen) atoms. The van der Waals surface area contributed by atoms with E-state index in [1.807, 2.05) is 18.2 Å². The standard InChI is InChI=1S/C29H27F2N5O4/c30-26(31)16-40-25-13-23-18(10-19(25)14-32)11-20(33-23)12-24-28-21(17-4-5-17)2-1-3-22(28)29(38)36(34-24)15-27(37)35-6-8-39-9-7-35/h1-3,10,13,17,26H,4-9,11-12,15-16H2. The lowest BCUT2D eigenvalue weighted by atomic mass is 9.97. The number of rotatable bonds is 8. The van der Waals surface area contributed by atoms with E-state index < -0.39 is 13.0 Å². The fourth-order valence-electron chi connectivity index (χ4n) is 5.40. The number of ether oxygens (including phenoxy) is 2. The minimum Gasteiger partial charge on any atom is -0.486 e. The van der Waals surface area contributed by atoms with Crippen LogP contribution < -0.4 is 10.3 Å². The summed E-state index contributed by atoms with van der Waals surface area (Å²) >= 11 is 0. The number of alkyl halides is 2. The number of fused-ring (bicyclic) bond motifs is 2. The van der Waals surface area contributed by atoms with E-state index in [9.17, 15) is 23.6 Å². The molecule has 3 aromatic rings. The van der Waals surface area contributed by atoms with Crippen molar-refractivity contribution in [1.82, 2.24) is 14.7 Å². The molecule has 2 aromatic carbocycles. The van der Waals surface area contributed by atoms with Crippen LogP contribution in [0.1, 0.15) is 41.1 Å².